The number of urea groups is 1. The maximum absolute atomic E-state index is 11.7. The molecule has 23 heavy (non-hydrogen) atoms. The second-order valence-corrected chi connectivity index (χ2v) is 7.71. The molecule has 0 fully saturated rings. The molecule has 3 amide bonds. The maximum atomic E-state index is 11.7. The molecule has 1 heterocycles. The van der Waals surface area contributed by atoms with E-state index in [1.54, 1.807) is 12.3 Å². The van der Waals surface area contributed by atoms with Crippen LogP contribution >= 0.6 is 23.1 Å². The number of carbonyl (C=O) groups is 3. The largest absolute Gasteiger partial charge is 0.466 e. The molecule has 0 saturated heterocycles. The van der Waals surface area contributed by atoms with Gasteiger partial charge >= 0.3 is 12.0 Å². The number of carbonyl (C=O) groups excluding carboxylic acids is 3. The lowest BCUT2D eigenvalue weighted by molar-refractivity contribution is -0.142. The van der Waals surface area contributed by atoms with Crippen molar-refractivity contribution in [3.8, 4) is 0 Å². The minimum atomic E-state index is -0.523. The van der Waals surface area contributed by atoms with Crippen molar-refractivity contribution in [3.05, 3.63) is 11.1 Å². The van der Waals surface area contributed by atoms with E-state index in [1.807, 2.05) is 20.8 Å². The molecule has 0 spiro atoms. The van der Waals surface area contributed by atoms with Crippen LogP contribution < -0.4 is 10.6 Å². The predicted molar refractivity (Wildman–Crippen MR) is 89.6 cm³/mol. The smallest absolute Gasteiger partial charge is 0.321 e. The average molecular weight is 359 g/mol. The van der Waals surface area contributed by atoms with Crippen molar-refractivity contribution in [1.82, 2.24) is 15.6 Å². The molecule has 7 nitrogen and oxygen atoms in total. The van der Waals surface area contributed by atoms with Crippen LogP contribution in [0.15, 0.2) is 9.72 Å². The van der Waals surface area contributed by atoms with Crippen LogP contribution in [0.4, 0.5) is 4.79 Å². The number of esters is 1. The second-order valence-electron chi connectivity index (χ2n) is 5.63. The molecule has 0 aromatic carbocycles. The molecule has 0 saturated carbocycles. The monoisotopic (exact) mass is 359 g/mol. The van der Waals surface area contributed by atoms with Crippen molar-refractivity contribution in [2.24, 2.45) is 0 Å². The minimum absolute atomic E-state index is 0.0733. The lowest BCUT2D eigenvalue weighted by atomic mass is 10.1. The summed E-state index contributed by atoms with van der Waals surface area (Å²) in [5, 5.41) is 6.65. The summed E-state index contributed by atoms with van der Waals surface area (Å²) in [6, 6.07) is -0.523. The van der Waals surface area contributed by atoms with E-state index in [1.165, 1.54) is 23.1 Å². The second kappa shape index (κ2) is 8.88. The number of hydrogen-bond acceptors (Lipinski definition) is 7. The fraction of sp³-hybridized carbons (Fsp3) is 0.571. The van der Waals surface area contributed by atoms with Gasteiger partial charge in [0.05, 0.1) is 24.5 Å². The van der Waals surface area contributed by atoms with Crippen LogP contribution in [0.5, 0.6) is 0 Å². The summed E-state index contributed by atoms with van der Waals surface area (Å²) in [6.45, 7) is 7.56. The number of rotatable bonds is 6. The van der Waals surface area contributed by atoms with Gasteiger partial charge in [0.1, 0.15) is 0 Å². The average Bonchev–Trinajstić information content (AvgIpc) is 2.81. The summed E-state index contributed by atoms with van der Waals surface area (Å²) in [5.74, 6) is -0.658. The van der Waals surface area contributed by atoms with E-state index in [2.05, 4.69) is 15.6 Å². The quantitative estimate of drug-likeness (QED) is 0.595. The summed E-state index contributed by atoms with van der Waals surface area (Å²) < 4.78 is 5.51. The van der Waals surface area contributed by atoms with Crippen molar-refractivity contribution >= 4 is 41.0 Å². The Morgan fingerprint density at radius 1 is 1.35 bits per heavy atom. The zero-order valence-corrected chi connectivity index (χ0v) is 15.2. The Bertz CT molecular complexity index is 567. The molecule has 1 rings (SSSR count). The van der Waals surface area contributed by atoms with E-state index in [0.717, 1.165) is 0 Å². The molecule has 0 unspecified atom stereocenters. The number of thioether (sulfide) groups is 1. The van der Waals surface area contributed by atoms with Crippen LogP contribution in [-0.4, -0.2) is 40.8 Å². The van der Waals surface area contributed by atoms with E-state index >= 15 is 0 Å². The summed E-state index contributed by atoms with van der Waals surface area (Å²) in [5.41, 5.74) is 0.205. The molecule has 1 aromatic heterocycles. The number of hydrogen-bond donors (Lipinski definition) is 2. The molecule has 9 heteroatoms. The topological polar surface area (TPSA) is 97.4 Å². The fourth-order valence-corrected chi connectivity index (χ4v) is 3.10. The number of thiazole rings is 1. The van der Waals surface area contributed by atoms with Crippen molar-refractivity contribution in [3.63, 3.8) is 0 Å². The molecule has 0 aliphatic carbocycles. The molecule has 1 aromatic rings. The Morgan fingerprint density at radius 2 is 2.04 bits per heavy atom. The molecule has 128 valence electrons. The third-order valence-corrected chi connectivity index (χ3v) is 4.30. The zero-order chi connectivity index (χ0) is 17.5. The van der Waals surface area contributed by atoms with Crippen LogP contribution in [0, 0.1) is 0 Å². The lowest BCUT2D eigenvalue weighted by Crippen LogP contribution is -2.48. The van der Waals surface area contributed by atoms with Crippen LogP contribution in [0.3, 0.4) is 0 Å². The van der Waals surface area contributed by atoms with Crippen LogP contribution in [-0.2, 0) is 20.7 Å². The van der Waals surface area contributed by atoms with E-state index in [0.29, 0.717) is 16.6 Å². The van der Waals surface area contributed by atoms with Gasteiger partial charge in [-0.3, -0.25) is 14.9 Å². The molecular formula is C14H21N3O4S2. The fourth-order valence-electron chi connectivity index (χ4n) is 1.46. The first-order chi connectivity index (χ1) is 10.7. The molecule has 0 atom stereocenters. The molecule has 2 N–H and O–H groups in total. The minimum Gasteiger partial charge on any atom is -0.466 e. The normalized spacial score (nSPS) is 11.0. The van der Waals surface area contributed by atoms with E-state index in [-0.39, 0.29) is 18.1 Å². The third kappa shape index (κ3) is 8.56. The first kappa shape index (κ1) is 19.4. The molecule has 0 aliphatic rings. The van der Waals surface area contributed by atoms with E-state index in [9.17, 15) is 14.4 Å². The lowest BCUT2D eigenvalue weighted by Gasteiger charge is -2.20. The number of nitrogens with one attached hydrogen (secondary N) is 2. The SMILES string of the molecule is CCOC(=O)Cc1csc(SCC(=O)NC(=O)NC(C)(C)C)n1. The number of aromatic nitrogens is 1. The highest BCUT2D eigenvalue weighted by molar-refractivity contribution is 8.01. The summed E-state index contributed by atoms with van der Waals surface area (Å²) >= 11 is 2.56. The van der Waals surface area contributed by atoms with Crippen molar-refractivity contribution < 1.29 is 19.1 Å². The van der Waals surface area contributed by atoms with Gasteiger partial charge in [-0.2, -0.15) is 0 Å². The van der Waals surface area contributed by atoms with E-state index < -0.39 is 17.5 Å². The standard InChI is InChI=1S/C14H21N3O4S2/c1-5-21-11(19)6-9-7-22-13(15-9)23-8-10(18)16-12(20)17-14(2,3)4/h7H,5-6,8H2,1-4H3,(H2,16,17,18,20). The van der Waals surface area contributed by atoms with E-state index in [4.69, 9.17) is 4.74 Å². The van der Waals surface area contributed by atoms with Gasteiger partial charge < -0.3 is 10.1 Å². The summed E-state index contributed by atoms with van der Waals surface area (Å²) in [7, 11) is 0. The Labute approximate surface area is 143 Å². The van der Waals surface area contributed by atoms with Gasteiger partial charge in [-0.1, -0.05) is 11.8 Å². The number of imide groups is 1. The first-order valence-electron chi connectivity index (χ1n) is 7.04. The van der Waals surface area contributed by atoms with Crippen LogP contribution in [0.25, 0.3) is 0 Å². The molecule has 0 aliphatic heterocycles. The molecule has 0 radical (unpaired) electrons. The molecule has 0 bridgehead atoms. The van der Waals surface area contributed by atoms with Gasteiger partial charge in [0.15, 0.2) is 4.34 Å². The van der Waals surface area contributed by atoms with Gasteiger partial charge in [-0.05, 0) is 27.7 Å². The van der Waals surface area contributed by atoms with Gasteiger partial charge in [-0.15, -0.1) is 11.3 Å². The van der Waals surface area contributed by atoms with Crippen molar-refractivity contribution in [2.75, 3.05) is 12.4 Å². The van der Waals surface area contributed by atoms with Crippen molar-refractivity contribution in [2.45, 2.75) is 44.0 Å². The summed E-state index contributed by atoms with van der Waals surface area (Å²) in [4.78, 5) is 38.8. The number of amides is 3. The third-order valence-electron chi connectivity index (χ3n) is 2.23. The first-order valence-corrected chi connectivity index (χ1v) is 8.91. The van der Waals surface area contributed by atoms with Gasteiger partial charge in [0.2, 0.25) is 5.91 Å². The summed E-state index contributed by atoms with van der Waals surface area (Å²) in [6.07, 6.45) is 0.116. The highest BCUT2D eigenvalue weighted by Gasteiger charge is 2.16. The Morgan fingerprint density at radius 3 is 2.65 bits per heavy atom. The Balaban J connectivity index is 2.38. The number of nitrogens with zero attached hydrogens (tertiary/aromatic N) is 1. The van der Waals surface area contributed by atoms with Gasteiger partial charge in [-0.25, -0.2) is 9.78 Å². The highest BCUT2D eigenvalue weighted by atomic mass is 32.2. The van der Waals surface area contributed by atoms with Gasteiger partial charge in [0, 0.05) is 10.9 Å². The number of ether oxygens (including phenoxy) is 1. The maximum Gasteiger partial charge on any atom is 0.321 e. The zero-order valence-electron chi connectivity index (χ0n) is 13.6. The predicted octanol–water partition coefficient (Wildman–Crippen LogP) is 1.97. The van der Waals surface area contributed by atoms with Crippen LogP contribution in [0.2, 0.25) is 0 Å². The van der Waals surface area contributed by atoms with Gasteiger partial charge in [0.25, 0.3) is 0 Å². The van der Waals surface area contributed by atoms with Crippen LogP contribution in [0.1, 0.15) is 33.4 Å². The Kier molecular flexibility index (Phi) is 7.50. The highest BCUT2D eigenvalue weighted by Crippen LogP contribution is 2.22. The Hall–Kier alpha value is -1.61. The van der Waals surface area contributed by atoms with Crippen molar-refractivity contribution in [1.29, 1.82) is 0 Å². The molecular weight excluding hydrogens is 338 g/mol.